The Hall–Kier alpha value is -2.69. The molecule has 1 aliphatic rings. The predicted molar refractivity (Wildman–Crippen MR) is 117 cm³/mol. The molecule has 32 heavy (non-hydrogen) atoms. The van der Waals surface area contributed by atoms with Gasteiger partial charge in [0.05, 0.1) is 5.92 Å². The second-order valence-electron chi connectivity index (χ2n) is 7.67. The van der Waals surface area contributed by atoms with Crippen LogP contribution in [0.4, 0.5) is 0 Å². The van der Waals surface area contributed by atoms with Gasteiger partial charge in [-0.1, -0.05) is 23.7 Å². The van der Waals surface area contributed by atoms with Crippen LogP contribution in [0.2, 0.25) is 5.02 Å². The smallest absolute Gasteiger partial charge is 0.309 e. The van der Waals surface area contributed by atoms with Crippen LogP contribution in [-0.4, -0.2) is 54.1 Å². The molecule has 1 fully saturated rings. The van der Waals surface area contributed by atoms with Gasteiger partial charge < -0.3 is 15.0 Å². The molecular formula is C21H24ClN3O6S. The normalized spacial score (nSPS) is 16.5. The Morgan fingerprint density at radius 3 is 2.41 bits per heavy atom. The fraction of sp³-hybridized carbons (Fsp3) is 0.381. The van der Waals surface area contributed by atoms with E-state index in [0.717, 1.165) is 0 Å². The topological polar surface area (TPSA) is 129 Å². The number of hydrogen-bond donors (Lipinski definition) is 1. The van der Waals surface area contributed by atoms with Crippen LogP contribution in [0, 0.1) is 5.92 Å². The van der Waals surface area contributed by atoms with E-state index in [1.165, 1.54) is 41.2 Å². The first kappa shape index (κ1) is 24.0. The average molecular weight is 482 g/mol. The SMILES string of the molecule is C[C@@H](OC(=O)C1CCN(S(=O)(=O)c2cc(C(N)=O)n(C)c2)CC1)C(=O)c1cccc(Cl)c1. The summed E-state index contributed by atoms with van der Waals surface area (Å²) in [6, 6.07) is 7.61. The molecule has 1 atom stereocenters. The number of piperidine rings is 1. The van der Waals surface area contributed by atoms with Gasteiger partial charge >= 0.3 is 5.97 Å². The van der Waals surface area contributed by atoms with E-state index in [9.17, 15) is 22.8 Å². The van der Waals surface area contributed by atoms with Gasteiger partial charge in [0.1, 0.15) is 10.6 Å². The summed E-state index contributed by atoms with van der Waals surface area (Å²) >= 11 is 5.90. The standard InChI is InChI=1S/C21H24ClN3O6S/c1-13(19(26)15-4-3-5-16(22)10-15)31-21(28)14-6-8-25(9-7-14)32(29,30)17-11-18(20(23)27)24(2)12-17/h3-5,10-14H,6-9H2,1-2H3,(H2,23,27)/t13-/m1/s1. The number of Topliss-reactive ketones (excluding diaryl/α,β-unsaturated/α-hetero) is 1. The highest BCUT2D eigenvalue weighted by Gasteiger charge is 2.35. The van der Waals surface area contributed by atoms with E-state index in [-0.39, 0.29) is 42.3 Å². The first-order valence-corrected chi connectivity index (χ1v) is 11.8. The van der Waals surface area contributed by atoms with E-state index in [0.29, 0.717) is 10.6 Å². The number of nitrogens with zero attached hydrogens (tertiary/aromatic N) is 2. The van der Waals surface area contributed by atoms with E-state index < -0.39 is 33.9 Å². The summed E-state index contributed by atoms with van der Waals surface area (Å²) in [5.41, 5.74) is 5.68. The van der Waals surface area contributed by atoms with Gasteiger partial charge in [-0.05, 0) is 38.0 Å². The Labute approximate surface area is 191 Å². The number of rotatable bonds is 7. The van der Waals surface area contributed by atoms with E-state index in [1.807, 2.05) is 0 Å². The van der Waals surface area contributed by atoms with Crippen molar-refractivity contribution in [1.29, 1.82) is 0 Å². The molecule has 0 unspecified atom stereocenters. The number of halogens is 1. The fourth-order valence-corrected chi connectivity index (χ4v) is 5.33. The number of carbonyl (C=O) groups excluding carboxylic acids is 3. The molecule has 1 saturated heterocycles. The number of aromatic nitrogens is 1. The van der Waals surface area contributed by atoms with Crippen LogP contribution in [0.5, 0.6) is 0 Å². The molecule has 2 aromatic rings. The molecule has 1 aromatic heterocycles. The molecule has 2 N–H and O–H groups in total. The monoisotopic (exact) mass is 481 g/mol. The quantitative estimate of drug-likeness (QED) is 0.475. The van der Waals surface area contributed by atoms with E-state index >= 15 is 0 Å². The summed E-state index contributed by atoms with van der Waals surface area (Å²) in [5, 5.41) is 0.407. The van der Waals surface area contributed by atoms with Crippen molar-refractivity contribution in [2.24, 2.45) is 18.7 Å². The summed E-state index contributed by atoms with van der Waals surface area (Å²) in [7, 11) is -2.30. The van der Waals surface area contributed by atoms with Crippen LogP contribution in [0.15, 0.2) is 41.4 Å². The lowest BCUT2D eigenvalue weighted by Gasteiger charge is -2.30. The van der Waals surface area contributed by atoms with Crippen LogP contribution in [0.3, 0.4) is 0 Å². The highest BCUT2D eigenvalue weighted by atomic mass is 35.5. The van der Waals surface area contributed by atoms with Crippen molar-refractivity contribution in [1.82, 2.24) is 8.87 Å². The van der Waals surface area contributed by atoms with Gasteiger partial charge in [-0.3, -0.25) is 14.4 Å². The van der Waals surface area contributed by atoms with Gasteiger partial charge in [0.25, 0.3) is 5.91 Å². The average Bonchev–Trinajstić information content (AvgIpc) is 3.16. The Morgan fingerprint density at radius 1 is 1.19 bits per heavy atom. The molecule has 1 amide bonds. The molecule has 1 aromatic carbocycles. The Balaban J connectivity index is 1.60. The van der Waals surface area contributed by atoms with Crippen molar-refractivity contribution < 1.29 is 27.5 Å². The Kier molecular flexibility index (Phi) is 7.06. The number of esters is 1. The molecule has 172 valence electrons. The molecule has 9 nitrogen and oxygen atoms in total. The molecule has 1 aliphatic heterocycles. The Bertz CT molecular complexity index is 1150. The molecule has 3 rings (SSSR count). The summed E-state index contributed by atoms with van der Waals surface area (Å²) in [5.74, 6) is -2.15. The number of ketones is 1. The third-order valence-corrected chi connectivity index (χ3v) is 7.53. The first-order chi connectivity index (χ1) is 15.0. The summed E-state index contributed by atoms with van der Waals surface area (Å²) in [6.07, 6.45) is 0.857. The number of hydrogen-bond acceptors (Lipinski definition) is 6. The Morgan fingerprint density at radius 2 is 1.84 bits per heavy atom. The van der Waals surface area contributed by atoms with Crippen molar-refractivity contribution in [2.45, 2.75) is 30.8 Å². The maximum Gasteiger partial charge on any atom is 0.309 e. The predicted octanol–water partition coefficient (Wildman–Crippen LogP) is 1.99. The maximum absolute atomic E-state index is 12.9. The van der Waals surface area contributed by atoms with Crippen molar-refractivity contribution in [2.75, 3.05) is 13.1 Å². The molecule has 0 radical (unpaired) electrons. The number of amides is 1. The molecule has 0 spiro atoms. The highest BCUT2D eigenvalue weighted by Crippen LogP contribution is 2.26. The molecular weight excluding hydrogens is 458 g/mol. The number of aryl methyl sites for hydroxylation is 1. The van der Waals surface area contributed by atoms with Crippen molar-refractivity contribution in [3.63, 3.8) is 0 Å². The zero-order valence-electron chi connectivity index (χ0n) is 17.7. The summed E-state index contributed by atoms with van der Waals surface area (Å²) in [4.78, 5) is 36.4. The number of sulfonamides is 1. The number of nitrogens with two attached hydrogens (primary N) is 1. The minimum atomic E-state index is -3.84. The zero-order chi connectivity index (χ0) is 23.6. The van der Waals surface area contributed by atoms with E-state index in [4.69, 9.17) is 22.1 Å². The lowest BCUT2D eigenvalue weighted by molar-refractivity contribution is -0.152. The van der Waals surface area contributed by atoms with Crippen LogP contribution in [-0.2, 0) is 26.6 Å². The number of carbonyl (C=O) groups is 3. The van der Waals surface area contributed by atoms with Gasteiger partial charge in [0.15, 0.2) is 6.10 Å². The lowest BCUT2D eigenvalue weighted by Crippen LogP contribution is -2.41. The molecule has 0 aliphatic carbocycles. The van der Waals surface area contributed by atoms with Crippen LogP contribution >= 0.6 is 11.6 Å². The molecule has 2 heterocycles. The molecule has 11 heteroatoms. The van der Waals surface area contributed by atoms with Crippen molar-refractivity contribution in [3.8, 4) is 0 Å². The third-order valence-electron chi connectivity index (χ3n) is 5.43. The second-order valence-corrected chi connectivity index (χ2v) is 10.0. The second kappa shape index (κ2) is 9.43. The number of benzene rings is 1. The minimum absolute atomic E-state index is 0.0319. The fourth-order valence-electron chi connectivity index (χ4n) is 3.60. The third kappa shape index (κ3) is 5.03. The van der Waals surface area contributed by atoms with Crippen LogP contribution < -0.4 is 5.73 Å². The number of ether oxygens (including phenoxy) is 1. The number of primary amides is 1. The van der Waals surface area contributed by atoms with E-state index in [1.54, 1.807) is 18.2 Å². The van der Waals surface area contributed by atoms with Crippen molar-refractivity contribution in [3.05, 3.63) is 52.8 Å². The maximum atomic E-state index is 12.9. The molecule has 0 bridgehead atoms. The van der Waals surface area contributed by atoms with Gasteiger partial charge in [-0.2, -0.15) is 4.31 Å². The largest absolute Gasteiger partial charge is 0.454 e. The minimum Gasteiger partial charge on any atom is -0.454 e. The highest BCUT2D eigenvalue weighted by molar-refractivity contribution is 7.89. The lowest BCUT2D eigenvalue weighted by atomic mass is 9.98. The zero-order valence-corrected chi connectivity index (χ0v) is 19.2. The molecule has 0 saturated carbocycles. The van der Waals surface area contributed by atoms with E-state index in [2.05, 4.69) is 0 Å². The summed E-state index contributed by atoms with van der Waals surface area (Å²) < 4.78 is 33.7. The van der Waals surface area contributed by atoms with Gasteiger partial charge in [-0.15, -0.1) is 0 Å². The van der Waals surface area contributed by atoms with Crippen molar-refractivity contribution >= 4 is 39.3 Å². The first-order valence-electron chi connectivity index (χ1n) is 9.97. The van der Waals surface area contributed by atoms with Gasteiger partial charge in [-0.25, -0.2) is 8.42 Å². The van der Waals surface area contributed by atoms with Gasteiger partial charge in [0.2, 0.25) is 15.8 Å². The summed E-state index contributed by atoms with van der Waals surface area (Å²) in [6.45, 7) is 1.71. The van der Waals surface area contributed by atoms with Crippen LogP contribution in [0.25, 0.3) is 0 Å². The van der Waals surface area contributed by atoms with Crippen LogP contribution in [0.1, 0.15) is 40.6 Å². The van der Waals surface area contributed by atoms with Gasteiger partial charge in [0, 0.05) is 36.9 Å².